The van der Waals surface area contributed by atoms with E-state index >= 15 is 0 Å². The van der Waals surface area contributed by atoms with Gasteiger partial charge in [0.1, 0.15) is 0 Å². The molecule has 0 rings (SSSR count). The van der Waals surface area contributed by atoms with E-state index in [-0.39, 0.29) is 0 Å². The number of rotatable bonds is 4. The Kier molecular flexibility index (Phi) is 4.69. The Labute approximate surface area is 97.2 Å². The Morgan fingerprint density at radius 2 is 1.28 bits per heavy atom. The second kappa shape index (κ2) is 4.85. The van der Waals surface area contributed by atoms with E-state index in [4.69, 9.17) is 5.11 Å². The van der Waals surface area contributed by atoms with Crippen molar-refractivity contribution in [1.29, 1.82) is 0 Å². The molecule has 0 radical (unpaired) electrons. The minimum absolute atomic E-state index is 1.73. The Bertz CT molecular complexity index is 485. The van der Waals surface area contributed by atoms with Crippen LogP contribution in [-0.2, 0) is 19.7 Å². The topological polar surface area (TPSA) is 88.5 Å². The molecular weight excluding hydrogens is 318 g/mol. The molecule has 0 saturated carbocycles. The van der Waals surface area contributed by atoms with Crippen molar-refractivity contribution in [2.75, 3.05) is 5.75 Å². The summed E-state index contributed by atoms with van der Waals surface area (Å²) in [4.78, 5) is 0. The van der Waals surface area contributed by atoms with Gasteiger partial charge in [-0.2, -0.15) is 26.3 Å². The zero-order valence-corrected chi connectivity index (χ0v) is 9.79. The van der Waals surface area contributed by atoms with Gasteiger partial charge >= 0.3 is 11.0 Å². The van der Waals surface area contributed by atoms with Gasteiger partial charge in [0, 0.05) is 6.42 Å². The molecular formula is C5H6F6O5S2. The lowest BCUT2D eigenvalue weighted by molar-refractivity contribution is -0.0476. The molecule has 0 heterocycles. The number of alkyl halides is 6. The van der Waals surface area contributed by atoms with E-state index in [1.165, 1.54) is 0 Å². The van der Waals surface area contributed by atoms with Crippen LogP contribution < -0.4 is 0 Å². The molecule has 1 N–H and O–H groups in total. The van der Waals surface area contributed by atoms with E-state index < -0.39 is 48.3 Å². The van der Waals surface area contributed by atoms with Crippen molar-refractivity contribution in [3.63, 3.8) is 0 Å². The van der Waals surface area contributed by atoms with Gasteiger partial charge in [-0.05, 0) is 0 Å². The van der Waals surface area contributed by atoms with Crippen LogP contribution in [0.15, 0.2) is 0 Å². The maximum absolute atomic E-state index is 11.8. The van der Waals surface area contributed by atoms with E-state index in [0.717, 1.165) is 0 Å². The van der Waals surface area contributed by atoms with Crippen LogP contribution in [-0.4, -0.2) is 44.1 Å². The first-order chi connectivity index (χ1) is 7.63. The molecule has 13 heteroatoms. The van der Waals surface area contributed by atoms with Crippen LogP contribution in [0, 0.1) is 0 Å². The van der Waals surface area contributed by atoms with Gasteiger partial charge < -0.3 is 5.11 Å². The lowest BCUT2D eigenvalue weighted by Crippen LogP contribution is -2.36. The number of hydrogen-bond acceptors (Lipinski definition) is 5. The molecule has 5 nitrogen and oxygen atoms in total. The maximum Gasteiger partial charge on any atom is 0.499 e. The lowest BCUT2D eigenvalue weighted by Gasteiger charge is -2.14. The number of aliphatic hydroxyl groups is 1. The smallest absolute Gasteiger partial charge is 0.377 e. The summed E-state index contributed by atoms with van der Waals surface area (Å²) in [5.74, 6) is -1.97. The van der Waals surface area contributed by atoms with Gasteiger partial charge in [0.2, 0.25) is 9.84 Å². The molecule has 0 saturated heterocycles. The van der Waals surface area contributed by atoms with Crippen LogP contribution >= 0.6 is 0 Å². The average molecular weight is 324 g/mol. The van der Waals surface area contributed by atoms with Gasteiger partial charge in [-0.15, -0.1) is 0 Å². The van der Waals surface area contributed by atoms with Crippen LogP contribution in [0.2, 0.25) is 0 Å². The van der Waals surface area contributed by atoms with Crippen molar-refractivity contribution in [2.45, 2.75) is 22.9 Å². The van der Waals surface area contributed by atoms with E-state index in [1.807, 2.05) is 0 Å². The highest BCUT2D eigenvalue weighted by Gasteiger charge is 2.52. The van der Waals surface area contributed by atoms with Crippen LogP contribution in [0.4, 0.5) is 26.3 Å². The van der Waals surface area contributed by atoms with Crippen molar-refractivity contribution in [2.24, 2.45) is 0 Å². The van der Waals surface area contributed by atoms with Gasteiger partial charge in [-0.25, -0.2) is 16.8 Å². The standard InChI is InChI=1S/C5H6F6O5S2/c6-4(7,8)17(13,14)2-1-3(12)18(15,16)5(9,10)11/h3,12H,1-2H2. The SMILES string of the molecule is O=S(=O)(CCC(O)S(=O)(=O)C(F)(F)F)C(F)(F)F. The fourth-order valence-electron chi connectivity index (χ4n) is 0.681. The third-order valence-electron chi connectivity index (χ3n) is 1.67. The molecule has 110 valence electrons. The first kappa shape index (κ1) is 17.4. The van der Waals surface area contributed by atoms with Gasteiger partial charge in [0.25, 0.3) is 9.84 Å². The molecule has 0 spiro atoms. The van der Waals surface area contributed by atoms with Crippen LogP contribution in [0.3, 0.4) is 0 Å². The molecule has 0 fully saturated rings. The van der Waals surface area contributed by atoms with Crippen LogP contribution in [0.5, 0.6) is 0 Å². The predicted molar refractivity (Wildman–Crippen MR) is 45.4 cm³/mol. The van der Waals surface area contributed by atoms with Gasteiger partial charge in [-0.3, -0.25) is 0 Å². The van der Waals surface area contributed by atoms with Crippen molar-refractivity contribution in [3.8, 4) is 0 Å². The average Bonchev–Trinajstić information content (AvgIpc) is 2.10. The highest BCUT2D eigenvalue weighted by molar-refractivity contribution is 7.93. The normalized spacial score (nSPS) is 16.6. The van der Waals surface area contributed by atoms with Crippen LogP contribution in [0.25, 0.3) is 0 Å². The number of hydrogen-bond donors (Lipinski definition) is 1. The highest BCUT2D eigenvalue weighted by atomic mass is 32.2. The second-order valence-electron chi connectivity index (χ2n) is 3.00. The molecule has 0 aliphatic rings. The lowest BCUT2D eigenvalue weighted by atomic mass is 10.5. The molecule has 0 aromatic carbocycles. The van der Waals surface area contributed by atoms with Crippen molar-refractivity contribution < 1.29 is 48.3 Å². The Morgan fingerprint density at radius 3 is 1.56 bits per heavy atom. The van der Waals surface area contributed by atoms with Crippen molar-refractivity contribution in [1.82, 2.24) is 0 Å². The fourth-order valence-corrected chi connectivity index (χ4v) is 2.33. The Morgan fingerprint density at radius 1 is 0.889 bits per heavy atom. The molecule has 0 aromatic rings. The summed E-state index contributed by atoms with van der Waals surface area (Å²) in [6.45, 7) is 0. The Hall–Kier alpha value is -0.560. The summed E-state index contributed by atoms with van der Waals surface area (Å²) in [6, 6.07) is 0. The van der Waals surface area contributed by atoms with E-state index in [2.05, 4.69) is 0 Å². The summed E-state index contributed by atoms with van der Waals surface area (Å²) in [6.07, 6.45) is -1.73. The second-order valence-corrected chi connectivity index (χ2v) is 7.20. The highest BCUT2D eigenvalue weighted by Crippen LogP contribution is 2.29. The molecule has 0 bridgehead atoms. The molecule has 0 aliphatic heterocycles. The van der Waals surface area contributed by atoms with Gasteiger partial charge in [0.05, 0.1) is 5.75 Å². The van der Waals surface area contributed by atoms with Gasteiger partial charge in [0.15, 0.2) is 5.44 Å². The zero-order chi connectivity index (χ0) is 15.0. The predicted octanol–water partition coefficient (Wildman–Crippen LogP) is 0.564. The zero-order valence-electron chi connectivity index (χ0n) is 8.16. The molecule has 0 amide bonds. The minimum Gasteiger partial charge on any atom is -0.377 e. The fraction of sp³-hybridized carbons (Fsp3) is 1.00. The summed E-state index contributed by atoms with van der Waals surface area (Å²) in [5, 5.41) is 8.60. The molecule has 0 aliphatic carbocycles. The summed E-state index contributed by atoms with van der Waals surface area (Å²) in [7, 11) is -11.9. The Balaban J connectivity index is 4.91. The number of aliphatic hydroxyl groups excluding tert-OH is 1. The monoisotopic (exact) mass is 324 g/mol. The number of sulfone groups is 2. The largest absolute Gasteiger partial charge is 0.499 e. The van der Waals surface area contributed by atoms with Crippen molar-refractivity contribution >= 4 is 19.7 Å². The summed E-state index contributed by atoms with van der Waals surface area (Å²) >= 11 is 0. The van der Waals surface area contributed by atoms with Crippen LogP contribution in [0.1, 0.15) is 6.42 Å². The van der Waals surface area contributed by atoms with E-state index in [1.54, 1.807) is 0 Å². The minimum atomic E-state index is -6.12. The molecule has 0 aromatic heterocycles. The summed E-state index contributed by atoms with van der Waals surface area (Å²) in [5.41, 5.74) is -14.9. The number of halogens is 6. The third-order valence-corrected chi connectivity index (χ3v) is 4.74. The first-order valence-electron chi connectivity index (χ1n) is 3.90. The summed E-state index contributed by atoms with van der Waals surface area (Å²) < 4.78 is 113. The third kappa shape index (κ3) is 3.71. The molecule has 1 unspecified atom stereocenters. The molecule has 18 heavy (non-hydrogen) atoms. The quantitative estimate of drug-likeness (QED) is 0.764. The van der Waals surface area contributed by atoms with E-state index in [9.17, 15) is 43.2 Å². The molecule has 1 atom stereocenters. The first-order valence-corrected chi connectivity index (χ1v) is 7.10. The maximum atomic E-state index is 11.8. The van der Waals surface area contributed by atoms with Crippen molar-refractivity contribution in [3.05, 3.63) is 0 Å². The van der Waals surface area contributed by atoms with Gasteiger partial charge in [-0.1, -0.05) is 0 Å². The van der Waals surface area contributed by atoms with E-state index in [0.29, 0.717) is 0 Å².